The van der Waals surface area contributed by atoms with E-state index in [1.165, 1.54) is 0 Å². The van der Waals surface area contributed by atoms with Crippen LogP contribution in [0.15, 0.2) is 48.7 Å². The van der Waals surface area contributed by atoms with E-state index in [0.717, 1.165) is 16.3 Å². The zero-order valence-corrected chi connectivity index (χ0v) is 7.70. The normalized spacial score (nSPS) is 9.71. The first-order valence-electron chi connectivity index (χ1n) is 4.39. The van der Waals surface area contributed by atoms with Gasteiger partial charge in [0.15, 0.2) is 0 Å². The predicted molar refractivity (Wildman–Crippen MR) is 59.2 cm³/mol. The van der Waals surface area contributed by atoms with Crippen molar-refractivity contribution in [3.8, 4) is 5.75 Å². The van der Waals surface area contributed by atoms with E-state index in [-0.39, 0.29) is 5.75 Å². The van der Waals surface area contributed by atoms with Crippen LogP contribution in [0, 0.1) is 0 Å². The summed E-state index contributed by atoms with van der Waals surface area (Å²) in [6.07, 6.45) is 1.69. The van der Waals surface area contributed by atoms with Gasteiger partial charge in [0.05, 0.1) is 0 Å². The fourth-order valence-electron chi connectivity index (χ4n) is 1.54. The lowest BCUT2D eigenvalue weighted by molar-refractivity contribution is 0.475. The van der Waals surface area contributed by atoms with Gasteiger partial charge in [-0.05, 0) is 22.9 Å². The maximum Gasteiger partial charge on any atom is 0.124 e. The zero-order valence-electron chi connectivity index (χ0n) is 7.70. The number of benzene rings is 2. The lowest BCUT2D eigenvalue weighted by Gasteiger charge is -2.03. The molecule has 0 atom stereocenters. The number of aromatic hydroxyl groups is 1. The van der Waals surface area contributed by atoms with Crippen LogP contribution in [0.1, 0.15) is 5.56 Å². The summed E-state index contributed by atoms with van der Waals surface area (Å²) >= 11 is 0. The SMILES string of the molecule is C=C=Cc1c(O)ccc2ccccc12. The third kappa shape index (κ3) is 1.30. The fraction of sp³-hybridized carbons (Fsp3) is 0. The Kier molecular flexibility index (Phi) is 2.10. The van der Waals surface area contributed by atoms with Gasteiger partial charge in [0, 0.05) is 5.56 Å². The Bertz CT molecular complexity index is 520. The van der Waals surface area contributed by atoms with E-state index < -0.39 is 0 Å². The van der Waals surface area contributed by atoms with E-state index >= 15 is 0 Å². The molecule has 0 unspecified atom stereocenters. The van der Waals surface area contributed by atoms with Crippen LogP contribution in [0.5, 0.6) is 5.75 Å². The van der Waals surface area contributed by atoms with Gasteiger partial charge in [-0.15, -0.1) is 5.73 Å². The number of fused-ring (bicyclic) bond motifs is 1. The Balaban J connectivity index is 2.89. The molecule has 0 bridgehead atoms. The van der Waals surface area contributed by atoms with Gasteiger partial charge in [0.1, 0.15) is 5.75 Å². The number of phenols is 1. The molecule has 2 aromatic carbocycles. The second kappa shape index (κ2) is 3.41. The first kappa shape index (κ1) is 8.61. The highest BCUT2D eigenvalue weighted by atomic mass is 16.3. The molecule has 0 heterocycles. The highest BCUT2D eigenvalue weighted by Crippen LogP contribution is 2.27. The van der Waals surface area contributed by atoms with Crippen LogP contribution in [0.2, 0.25) is 0 Å². The zero-order chi connectivity index (χ0) is 9.97. The molecule has 0 aromatic heterocycles. The topological polar surface area (TPSA) is 20.2 Å². The largest absolute Gasteiger partial charge is 0.507 e. The average Bonchev–Trinajstić information content (AvgIpc) is 2.23. The summed E-state index contributed by atoms with van der Waals surface area (Å²) in [5.41, 5.74) is 3.46. The van der Waals surface area contributed by atoms with Gasteiger partial charge < -0.3 is 5.11 Å². The molecule has 0 aliphatic heterocycles. The van der Waals surface area contributed by atoms with Crippen LogP contribution in [-0.4, -0.2) is 5.11 Å². The first-order valence-corrected chi connectivity index (χ1v) is 4.39. The van der Waals surface area contributed by atoms with Crippen LogP contribution in [0.25, 0.3) is 16.8 Å². The van der Waals surface area contributed by atoms with Crippen LogP contribution in [-0.2, 0) is 0 Å². The quantitative estimate of drug-likeness (QED) is 0.670. The Morgan fingerprint density at radius 3 is 2.71 bits per heavy atom. The number of hydrogen-bond donors (Lipinski definition) is 1. The Morgan fingerprint density at radius 2 is 1.93 bits per heavy atom. The summed E-state index contributed by atoms with van der Waals surface area (Å²) in [6, 6.07) is 11.5. The molecule has 1 heteroatoms. The van der Waals surface area contributed by atoms with Crippen LogP contribution >= 0.6 is 0 Å². The van der Waals surface area contributed by atoms with E-state index in [2.05, 4.69) is 12.3 Å². The van der Waals surface area contributed by atoms with Crippen molar-refractivity contribution in [2.24, 2.45) is 0 Å². The summed E-state index contributed by atoms with van der Waals surface area (Å²) in [7, 11) is 0. The maximum atomic E-state index is 9.64. The predicted octanol–water partition coefficient (Wildman–Crippen LogP) is 3.34. The van der Waals surface area contributed by atoms with Crippen molar-refractivity contribution >= 4 is 16.8 Å². The molecule has 2 aromatic rings. The summed E-state index contributed by atoms with van der Waals surface area (Å²) in [4.78, 5) is 0. The maximum absolute atomic E-state index is 9.64. The Morgan fingerprint density at radius 1 is 1.14 bits per heavy atom. The molecule has 0 saturated heterocycles. The summed E-state index contributed by atoms with van der Waals surface area (Å²) in [5, 5.41) is 11.8. The van der Waals surface area contributed by atoms with E-state index in [1.807, 2.05) is 30.3 Å². The van der Waals surface area contributed by atoms with Gasteiger partial charge in [-0.2, -0.15) is 0 Å². The van der Waals surface area contributed by atoms with Gasteiger partial charge in [-0.1, -0.05) is 36.9 Å². The first-order chi connectivity index (χ1) is 6.83. The van der Waals surface area contributed by atoms with Gasteiger partial charge >= 0.3 is 0 Å². The van der Waals surface area contributed by atoms with Crippen molar-refractivity contribution in [2.75, 3.05) is 0 Å². The minimum absolute atomic E-state index is 0.264. The minimum atomic E-state index is 0.264. The summed E-state index contributed by atoms with van der Waals surface area (Å²) in [6.45, 7) is 3.51. The number of phenolic OH excluding ortho intramolecular Hbond substituents is 1. The molecule has 68 valence electrons. The van der Waals surface area contributed by atoms with E-state index in [4.69, 9.17) is 0 Å². The average molecular weight is 182 g/mol. The molecule has 0 saturated carbocycles. The molecule has 0 aliphatic carbocycles. The molecule has 1 nitrogen and oxygen atoms in total. The monoisotopic (exact) mass is 182 g/mol. The van der Waals surface area contributed by atoms with Gasteiger partial charge in [-0.3, -0.25) is 0 Å². The number of hydrogen-bond acceptors (Lipinski definition) is 1. The highest BCUT2D eigenvalue weighted by molar-refractivity contribution is 5.92. The molecular weight excluding hydrogens is 172 g/mol. The third-order valence-electron chi connectivity index (χ3n) is 2.19. The van der Waals surface area contributed by atoms with Crippen molar-refractivity contribution in [3.05, 3.63) is 54.3 Å². The minimum Gasteiger partial charge on any atom is -0.507 e. The van der Waals surface area contributed by atoms with Gasteiger partial charge in [-0.25, -0.2) is 0 Å². The highest BCUT2D eigenvalue weighted by Gasteiger charge is 2.02. The summed E-state index contributed by atoms with van der Waals surface area (Å²) < 4.78 is 0. The standard InChI is InChI=1S/C13H10O/c1-2-5-12-11-7-4-3-6-10(11)8-9-13(12)14/h3-9,14H,1H2. The second-order valence-corrected chi connectivity index (χ2v) is 3.07. The van der Waals surface area contributed by atoms with Crippen molar-refractivity contribution in [1.82, 2.24) is 0 Å². The summed E-state index contributed by atoms with van der Waals surface area (Å²) in [5.74, 6) is 0.264. The molecular formula is C13H10O. The number of rotatable bonds is 1. The molecule has 0 fully saturated rings. The van der Waals surface area contributed by atoms with Crippen molar-refractivity contribution in [2.45, 2.75) is 0 Å². The van der Waals surface area contributed by atoms with E-state index in [1.54, 1.807) is 12.1 Å². The Labute approximate surface area is 82.6 Å². The van der Waals surface area contributed by atoms with E-state index in [9.17, 15) is 5.11 Å². The second-order valence-electron chi connectivity index (χ2n) is 3.07. The smallest absolute Gasteiger partial charge is 0.124 e. The lowest BCUT2D eigenvalue weighted by Crippen LogP contribution is -1.78. The van der Waals surface area contributed by atoms with Crippen molar-refractivity contribution < 1.29 is 5.11 Å². The molecule has 0 radical (unpaired) electrons. The molecule has 0 aliphatic rings. The van der Waals surface area contributed by atoms with Gasteiger partial charge in [0.2, 0.25) is 0 Å². The third-order valence-corrected chi connectivity index (χ3v) is 2.19. The Hall–Kier alpha value is -1.98. The van der Waals surface area contributed by atoms with Crippen molar-refractivity contribution in [1.29, 1.82) is 0 Å². The van der Waals surface area contributed by atoms with Crippen molar-refractivity contribution in [3.63, 3.8) is 0 Å². The lowest BCUT2D eigenvalue weighted by atomic mass is 10.0. The van der Waals surface area contributed by atoms with Crippen LogP contribution in [0.3, 0.4) is 0 Å². The molecule has 0 spiro atoms. The van der Waals surface area contributed by atoms with E-state index in [0.29, 0.717) is 0 Å². The fourth-order valence-corrected chi connectivity index (χ4v) is 1.54. The van der Waals surface area contributed by atoms with Crippen LogP contribution in [0.4, 0.5) is 0 Å². The molecule has 2 rings (SSSR count). The molecule has 0 amide bonds. The molecule has 1 N–H and O–H groups in total. The molecule has 14 heavy (non-hydrogen) atoms. The van der Waals surface area contributed by atoms with Gasteiger partial charge in [0.25, 0.3) is 0 Å². The van der Waals surface area contributed by atoms with Crippen LogP contribution < -0.4 is 0 Å².